The number of carbonyl (C=O) groups is 1. The molecule has 0 aromatic heterocycles. The zero-order valence-electron chi connectivity index (χ0n) is 7.75. The van der Waals surface area contributed by atoms with Crippen LogP contribution in [-0.2, 0) is 4.79 Å². The molecule has 0 unspecified atom stereocenters. The molecule has 0 aromatic carbocycles. The minimum atomic E-state index is 0.262. The Morgan fingerprint density at radius 3 is 2.33 bits per heavy atom. The lowest BCUT2D eigenvalue weighted by Gasteiger charge is -1.91. The van der Waals surface area contributed by atoms with Crippen molar-refractivity contribution in [1.82, 2.24) is 0 Å². The van der Waals surface area contributed by atoms with E-state index in [1.807, 2.05) is 0 Å². The maximum absolute atomic E-state index is 10.5. The second-order valence-corrected chi connectivity index (χ2v) is 2.93. The van der Waals surface area contributed by atoms with Crippen LogP contribution in [0.3, 0.4) is 0 Å². The summed E-state index contributed by atoms with van der Waals surface area (Å²) in [7, 11) is 0. The van der Waals surface area contributed by atoms with Crippen LogP contribution in [0.5, 0.6) is 0 Å². The first-order valence-corrected chi connectivity index (χ1v) is 4.52. The van der Waals surface area contributed by atoms with Gasteiger partial charge in [-0.05, 0) is 32.6 Å². The van der Waals surface area contributed by atoms with Crippen LogP contribution in [0.4, 0.5) is 0 Å². The van der Waals surface area contributed by atoms with Gasteiger partial charge in [0.1, 0.15) is 5.78 Å². The molecule has 1 N–H and O–H groups in total. The SMILES string of the molecule is CC(=O)CCCC=CCCCO. The molecule has 2 heteroatoms. The molecule has 0 spiro atoms. The molecule has 0 atom stereocenters. The van der Waals surface area contributed by atoms with Gasteiger partial charge < -0.3 is 9.90 Å². The molecule has 0 saturated heterocycles. The average Bonchev–Trinajstić information content (AvgIpc) is 2.02. The van der Waals surface area contributed by atoms with Crippen molar-refractivity contribution in [2.45, 2.75) is 39.0 Å². The molecular weight excluding hydrogens is 152 g/mol. The molecule has 0 aromatic rings. The number of allylic oxidation sites excluding steroid dienone is 2. The highest BCUT2D eigenvalue weighted by molar-refractivity contribution is 5.75. The third kappa shape index (κ3) is 9.37. The second kappa shape index (κ2) is 8.47. The maximum atomic E-state index is 10.5. The van der Waals surface area contributed by atoms with Crippen LogP contribution in [0.15, 0.2) is 12.2 Å². The van der Waals surface area contributed by atoms with Crippen molar-refractivity contribution in [2.24, 2.45) is 0 Å². The highest BCUT2D eigenvalue weighted by atomic mass is 16.2. The Morgan fingerprint density at radius 1 is 1.25 bits per heavy atom. The fraction of sp³-hybridized carbons (Fsp3) is 0.700. The Hall–Kier alpha value is -0.630. The molecule has 0 amide bonds. The van der Waals surface area contributed by atoms with Gasteiger partial charge in [0.2, 0.25) is 0 Å². The molecule has 0 heterocycles. The number of hydrogen-bond acceptors (Lipinski definition) is 2. The van der Waals surface area contributed by atoms with Gasteiger partial charge in [-0.3, -0.25) is 0 Å². The number of aliphatic hydroxyl groups is 1. The van der Waals surface area contributed by atoms with Crippen molar-refractivity contribution in [3.8, 4) is 0 Å². The quantitative estimate of drug-likeness (QED) is 0.469. The van der Waals surface area contributed by atoms with Gasteiger partial charge in [0.05, 0.1) is 0 Å². The Bertz CT molecular complexity index is 139. The minimum absolute atomic E-state index is 0.262. The molecule has 0 rings (SSSR count). The first kappa shape index (κ1) is 11.4. The third-order valence-corrected chi connectivity index (χ3v) is 1.60. The zero-order chi connectivity index (χ0) is 9.23. The molecule has 0 radical (unpaired) electrons. The van der Waals surface area contributed by atoms with Crippen LogP contribution in [0.1, 0.15) is 39.0 Å². The monoisotopic (exact) mass is 170 g/mol. The average molecular weight is 170 g/mol. The normalized spacial score (nSPS) is 10.8. The summed E-state index contributed by atoms with van der Waals surface area (Å²) in [6, 6.07) is 0. The number of ketones is 1. The first-order chi connectivity index (χ1) is 5.77. The van der Waals surface area contributed by atoms with Crippen molar-refractivity contribution in [3.05, 3.63) is 12.2 Å². The lowest BCUT2D eigenvalue weighted by molar-refractivity contribution is -0.117. The van der Waals surface area contributed by atoms with Gasteiger partial charge in [-0.1, -0.05) is 12.2 Å². The zero-order valence-corrected chi connectivity index (χ0v) is 7.75. The minimum Gasteiger partial charge on any atom is -0.396 e. The van der Waals surface area contributed by atoms with Crippen molar-refractivity contribution in [1.29, 1.82) is 0 Å². The molecule has 70 valence electrons. The number of rotatable bonds is 7. The summed E-state index contributed by atoms with van der Waals surface area (Å²) in [5.74, 6) is 0.263. The molecule has 0 saturated carbocycles. The second-order valence-electron chi connectivity index (χ2n) is 2.93. The molecule has 0 aliphatic carbocycles. The van der Waals surface area contributed by atoms with Crippen molar-refractivity contribution < 1.29 is 9.90 Å². The standard InChI is InChI=1S/C10H18O2/c1-10(12)8-6-4-2-3-5-7-9-11/h2-3,11H,4-9H2,1H3. The van der Waals surface area contributed by atoms with E-state index in [1.165, 1.54) is 0 Å². The Balaban J connectivity index is 3.08. The number of Topliss-reactive ketones (excluding diaryl/α,β-unsaturated/α-hetero) is 1. The van der Waals surface area contributed by atoms with Crippen LogP contribution >= 0.6 is 0 Å². The molecule has 0 bridgehead atoms. The topological polar surface area (TPSA) is 37.3 Å². The van der Waals surface area contributed by atoms with E-state index < -0.39 is 0 Å². The summed E-state index contributed by atoms with van der Waals surface area (Å²) >= 11 is 0. The highest BCUT2D eigenvalue weighted by Gasteiger charge is 1.89. The molecule has 12 heavy (non-hydrogen) atoms. The fourth-order valence-corrected chi connectivity index (χ4v) is 0.914. The number of aliphatic hydroxyl groups excluding tert-OH is 1. The first-order valence-electron chi connectivity index (χ1n) is 4.52. The summed E-state index contributed by atoms with van der Waals surface area (Å²) in [5.41, 5.74) is 0. The van der Waals surface area contributed by atoms with Crippen LogP contribution in [-0.4, -0.2) is 17.5 Å². The predicted molar refractivity (Wildman–Crippen MR) is 50.0 cm³/mol. The van der Waals surface area contributed by atoms with E-state index in [4.69, 9.17) is 5.11 Å². The highest BCUT2D eigenvalue weighted by Crippen LogP contribution is 1.99. The maximum Gasteiger partial charge on any atom is 0.129 e. The van der Waals surface area contributed by atoms with E-state index >= 15 is 0 Å². The predicted octanol–water partition coefficient (Wildman–Crippen LogP) is 2.07. The molecule has 0 fully saturated rings. The Labute approximate surface area is 74.3 Å². The van der Waals surface area contributed by atoms with E-state index in [0.29, 0.717) is 6.42 Å². The summed E-state index contributed by atoms with van der Waals surface area (Å²) < 4.78 is 0. The van der Waals surface area contributed by atoms with Crippen LogP contribution < -0.4 is 0 Å². The van der Waals surface area contributed by atoms with Crippen LogP contribution in [0.25, 0.3) is 0 Å². The summed E-state index contributed by atoms with van der Waals surface area (Å²) in [6.07, 6.45) is 8.54. The lowest BCUT2D eigenvalue weighted by Crippen LogP contribution is -1.87. The number of unbranched alkanes of at least 4 members (excludes halogenated alkanes) is 2. The van der Waals surface area contributed by atoms with Gasteiger partial charge in [-0.15, -0.1) is 0 Å². The number of hydrogen-bond donors (Lipinski definition) is 1. The van der Waals surface area contributed by atoms with Crippen LogP contribution in [0, 0.1) is 0 Å². The van der Waals surface area contributed by atoms with Crippen molar-refractivity contribution in [3.63, 3.8) is 0 Å². The molecule has 2 nitrogen and oxygen atoms in total. The van der Waals surface area contributed by atoms with Crippen molar-refractivity contribution in [2.75, 3.05) is 6.61 Å². The van der Waals surface area contributed by atoms with E-state index in [2.05, 4.69) is 12.2 Å². The van der Waals surface area contributed by atoms with Gasteiger partial charge in [0.25, 0.3) is 0 Å². The van der Waals surface area contributed by atoms with Gasteiger partial charge in [-0.25, -0.2) is 0 Å². The van der Waals surface area contributed by atoms with Gasteiger partial charge in [-0.2, -0.15) is 0 Å². The fourth-order valence-electron chi connectivity index (χ4n) is 0.914. The van der Waals surface area contributed by atoms with E-state index in [0.717, 1.165) is 25.7 Å². The number of carbonyl (C=O) groups excluding carboxylic acids is 1. The summed E-state index contributed by atoms with van der Waals surface area (Å²) in [4.78, 5) is 10.5. The van der Waals surface area contributed by atoms with Crippen LogP contribution in [0.2, 0.25) is 0 Å². The van der Waals surface area contributed by atoms with E-state index in [1.54, 1.807) is 6.92 Å². The summed E-state index contributed by atoms with van der Waals surface area (Å²) in [5, 5.41) is 8.46. The van der Waals surface area contributed by atoms with Gasteiger partial charge >= 0.3 is 0 Å². The molecular formula is C10H18O2. The largest absolute Gasteiger partial charge is 0.396 e. The van der Waals surface area contributed by atoms with Gasteiger partial charge in [0.15, 0.2) is 0 Å². The smallest absolute Gasteiger partial charge is 0.129 e. The summed E-state index contributed by atoms with van der Waals surface area (Å²) in [6.45, 7) is 1.88. The third-order valence-electron chi connectivity index (χ3n) is 1.60. The molecule has 0 aliphatic heterocycles. The van der Waals surface area contributed by atoms with E-state index in [-0.39, 0.29) is 12.4 Å². The van der Waals surface area contributed by atoms with E-state index in [9.17, 15) is 4.79 Å². The van der Waals surface area contributed by atoms with Crippen molar-refractivity contribution >= 4 is 5.78 Å². The Morgan fingerprint density at radius 2 is 1.83 bits per heavy atom. The lowest BCUT2D eigenvalue weighted by atomic mass is 10.2. The molecule has 0 aliphatic rings. The van der Waals surface area contributed by atoms with Gasteiger partial charge in [0, 0.05) is 13.0 Å². The Kier molecular flexibility index (Phi) is 8.02.